The number of amides is 2. The summed E-state index contributed by atoms with van der Waals surface area (Å²) in [5.41, 5.74) is 2.73. The zero-order valence-electron chi connectivity index (χ0n) is 15.2. The smallest absolute Gasteiger partial charge is 0.255 e. The summed E-state index contributed by atoms with van der Waals surface area (Å²) in [7, 11) is 0. The molecule has 2 aromatic carbocycles. The van der Waals surface area contributed by atoms with Gasteiger partial charge in [0.05, 0.1) is 0 Å². The molecule has 0 spiro atoms. The third kappa shape index (κ3) is 5.56. The molecule has 0 saturated carbocycles. The Bertz CT molecular complexity index is 990. The molecule has 1 aromatic heterocycles. The average molecular weight is 395 g/mol. The molecule has 142 valence electrons. The van der Waals surface area contributed by atoms with E-state index in [0.29, 0.717) is 34.3 Å². The molecule has 0 atom stereocenters. The number of hydrogen-bond acceptors (Lipinski definition) is 4. The molecule has 0 radical (unpaired) electrons. The van der Waals surface area contributed by atoms with Gasteiger partial charge in [-0.15, -0.1) is 0 Å². The summed E-state index contributed by atoms with van der Waals surface area (Å²) < 4.78 is 0. The number of nitrogens with one attached hydrogen (secondary N) is 3. The van der Waals surface area contributed by atoms with Crippen molar-refractivity contribution < 1.29 is 9.59 Å². The Kier molecular flexibility index (Phi) is 6.24. The Morgan fingerprint density at radius 3 is 2.39 bits per heavy atom. The lowest BCUT2D eigenvalue weighted by atomic mass is 10.2. The van der Waals surface area contributed by atoms with E-state index in [-0.39, 0.29) is 11.8 Å². The van der Waals surface area contributed by atoms with Crippen LogP contribution in [-0.4, -0.2) is 16.8 Å². The van der Waals surface area contributed by atoms with Crippen molar-refractivity contribution in [2.24, 2.45) is 0 Å². The second-order valence-corrected chi connectivity index (χ2v) is 6.56. The fourth-order valence-electron chi connectivity index (χ4n) is 2.54. The van der Waals surface area contributed by atoms with Crippen LogP contribution in [-0.2, 0) is 11.3 Å². The van der Waals surface area contributed by atoms with Crippen molar-refractivity contribution in [1.82, 2.24) is 4.98 Å². The number of anilines is 3. The highest BCUT2D eigenvalue weighted by atomic mass is 35.5. The lowest BCUT2D eigenvalue weighted by molar-refractivity contribution is -0.114. The Hall–Kier alpha value is -3.38. The summed E-state index contributed by atoms with van der Waals surface area (Å²) in [6.45, 7) is 1.99. The van der Waals surface area contributed by atoms with Gasteiger partial charge in [0.1, 0.15) is 5.82 Å². The molecule has 3 aromatic rings. The van der Waals surface area contributed by atoms with Gasteiger partial charge in [-0.25, -0.2) is 4.98 Å². The van der Waals surface area contributed by atoms with Gasteiger partial charge in [0.15, 0.2) is 0 Å². The molecule has 2 amide bonds. The molecule has 0 aliphatic rings. The first-order valence-electron chi connectivity index (χ1n) is 8.63. The second-order valence-electron chi connectivity index (χ2n) is 6.13. The van der Waals surface area contributed by atoms with E-state index in [2.05, 4.69) is 20.9 Å². The Morgan fingerprint density at radius 1 is 0.964 bits per heavy atom. The second kappa shape index (κ2) is 9.01. The van der Waals surface area contributed by atoms with Gasteiger partial charge in [-0.3, -0.25) is 9.59 Å². The summed E-state index contributed by atoms with van der Waals surface area (Å²) in [5.74, 6) is 0.153. The number of aromatic nitrogens is 1. The van der Waals surface area contributed by atoms with Crippen LogP contribution in [0.4, 0.5) is 17.2 Å². The fraction of sp³-hybridized carbons (Fsp3) is 0.0952. The molecule has 3 N–H and O–H groups in total. The predicted octanol–water partition coefficient (Wildman–Crippen LogP) is 4.56. The van der Waals surface area contributed by atoms with E-state index < -0.39 is 0 Å². The van der Waals surface area contributed by atoms with Crippen molar-refractivity contribution in [2.45, 2.75) is 13.5 Å². The zero-order chi connectivity index (χ0) is 19.9. The summed E-state index contributed by atoms with van der Waals surface area (Å²) in [6, 6.07) is 17.8. The minimum atomic E-state index is -0.267. The van der Waals surface area contributed by atoms with Gasteiger partial charge in [0.2, 0.25) is 5.91 Å². The third-order valence-corrected chi connectivity index (χ3v) is 4.10. The number of hydrogen-bond donors (Lipinski definition) is 3. The van der Waals surface area contributed by atoms with Gasteiger partial charge in [-0.2, -0.15) is 0 Å². The molecule has 0 unspecified atom stereocenters. The van der Waals surface area contributed by atoms with E-state index in [4.69, 9.17) is 11.6 Å². The van der Waals surface area contributed by atoms with Gasteiger partial charge in [-0.1, -0.05) is 29.8 Å². The van der Waals surface area contributed by atoms with Crippen molar-refractivity contribution >= 4 is 40.6 Å². The van der Waals surface area contributed by atoms with Crippen LogP contribution >= 0.6 is 11.6 Å². The van der Waals surface area contributed by atoms with Gasteiger partial charge >= 0.3 is 0 Å². The first-order valence-corrected chi connectivity index (χ1v) is 9.01. The monoisotopic (exact) mass is 394 g/mol. The molecule has 6 nitrogen and oxygen atoms in total. The molecular formula is C21H19ClN4O2. The minimum absolute atomic E-state index is 0.172. The van der Waals surface area contributed by atoms with E-state index in [1.54, 1.807) is 42.6 Å². The van der Waals surface area contributed by atoms with Crippen molar-refractivity contribution in [3.05, 3.63) is 83.0 Å². The van der Waals surface area contributed by atoms with E-state index in [0.717, 1.165) is 5.56 Å². The standard InChI is InChI=1S/C21H19ClN4O2/c1-14(27)25-18-3-2-4-19(12-18)26-21(28)16-9-10-23-20(11-16)24-13-15-5-7-17(22)8-6-15/h2-12H,13H2,1H3,(H,23,24)(H,25,27)(H,26,28). The van der Waals surface area contributed by atoms with Gasteiger partial charge < -0.3 is 16.0 Å². The summed E-state index contributed by atoms with van der Waals surface area (Å²) in [4.78, 5) is 28.0. The number of rotatable bonds is 6. The number of carbonyl (C=O) groups is 2. The summed E-state index contributed by atoms with van der Waals surface area (Å²) in [5, 5.41) is 9.38. The zero-order valence-corrected chi connectivity index (χ0v) is 16.0. The van der Waals surface area contributed by atoms with Crippen molar-refractivity contribution in [3.8, 4) is 0 Å². The largest absolute Gasteiger partial charge is 0.366 e. The molecule has 28 heavy (non-hydrogen) atoms. The van der Waals surface area contributed by atoms with Crippen LogP contribution < -0.4 is 16.0 Å². The van der Waals surface area contributed by atoms with Gasteiger partial charge in [-0.05, 0) is 48.0 Å². The first-order chi connectivity index (χ1) is 13.5. The van der Waals surface area contributed by atoms with Gasteiger partial charge in [0, 0.05) is 41.6 Å². The first kappa shape index (κ1) is 19.4. The third-order valence-electron chi connectivity index (χ3n) is 3.85. The van der Waals surface area contributed by atoms with E-state index in [9.17, 15) is 9.59 Å². The molecule has 0 aliphatic heterocycles. The lowest BCUT2D eigenvalue weighted by Crippen LogP contribution is -2.13. The highest BCUT2D eigenvalue weighted by Gasteiger charge is 2.08. The van der Waals surface area contributed by atoms with E-state index in [1.807, 2.05) is 24.3 Å². The average Bonchev–Trinajstić information content (AvgIpc) is 2.67. The number of halogens is 1. The summed E-state index contributed by atoms with van der Waals surface area (Å²) in [6.07, 6.45) is 1.58. The SMILES string of the molecule is CC(=O)Nc1cccc(NC(=O)c2ccnc(NCc3ccc(Cl)cc3)c2)c1. The van der Waals surface area contributed by atoms with E-state index in [1.165, 1.54) is 6.92 Å². The number of nitrogens with zero attached hydrogens (tertiary/aromatic N) is 1. The van der Waals surface area contributed by atoms with Crippen LogP contribution in [0.3, 0.4) is 0 Å². The molecule has 3 rings (SSSR count). The summed E-state index contributed by atoms with van der Waals surface area (Å²) >= 11 is 5.89. The quantitative estimate of drug-likeness (QED) is 0.572. The van der Waals surface area contributed by atoms with Crippen molar-refractivity contribution in [3.63, 3.8) is 0 Å². The van der Waals surface area contributed by atoms with Crippen LogP contribution in [0.1, 0.15) is 22.8 Å². The lowest BCUT2D eigenvalue weighted by Gasteiger charge is -2.10. The Labute approximate surface area is 168 Å². The maximum atomic E-state index is 12.5. The molecule has 0 bridgehead atoms. The highest BCUT2D eigenvalue weighted by Crippen LogP contribution is 2.17. The van der Waals surface area contributed by atoms with Crippen molar-refractivity contribution in [1.29, 1.82) is 0 Å². The highest BCUT2D eigenvalue weighted by molar-refractivity contribution is 6.30. The minimum Gasteiger partial charge on any atom is -0.366 e. The van der Waals surface area contributed by atoms with E-state index >= 15 is 0 Å². The number of carbonyl (C=O) groups excluding carboxylic acids is 2. The van der Waals surface area contributed by atoms with Crippen molar-refractivity contribution in [2.75, 3.05) is 16.0 Å². The maximum absolute atomic E-state index is 12.5. The number of benzene rings is 2. The van der Waals surface area contributed by atoms with Crippen LogP contribution in [0.5, 0.6) is 0 Å². The van der Waals surface area contributed by atoms with Crippen LogP contribution in [0.2, 0.25) is 5.02 Å². The van der Waals surface area contributed by atoms with Crippen LogP contribution in [0.25, 0.3) is 0 Å². The maximum Gasteiger partial charge on any atom is 0.255 e. The van der Waals surface area contributed by atoms with Crippen LogP contribution in [0.15, 0.2) is 66.9 Å². The number of pyridine rings is 1. The topological polar surface area (TPSA) is 83.1 Å². The molecule has 7 heteroatoms. The normalized spacial score (nSPS) is 10.2. The molecule has 0 fully saturated rings. The molecule has 0 saturated heterocycles. The molecule has 0 aliphatic carbocycles. The Morgan fingerprint density at radius 2 is 1.68 bits per heavy atom. The molecule has 1 heterocycles. The fourth-order valence-corrected chi connectivity index (χ4v) is 2.67. The molecular weight excluding hydrogens is 376 g/mol. The Balaban J connectivity index is 1.65. The van der Waals surface area contributed by atoms with Gasteiger partial charge in [0.25, 0.3) is 5.91 Å². The predicted molar refractivity (Wildman–Crippen MR) is 112 cm³/mol. The van der Waals surface area contributed by atoms with Crippen LogP contribution in [0, 0.1) is 0 Å².